The summed E-state index contributed by atoms with van der Waals surface area (Å²) in [6, 6.07) is 9.74. The second-order valence-corrected chi connectivity index (χ2v) is 4.60. The van der Waals surface area contributed by atoms with Crippen molar-refractivity contribution in [1.29, 1.82) is 0 Å². The van der Waals surface area contributed by atoms with Gasteiger partial charge in [0.1, 0.15) is 0 Å². The molecule has 0 bridgehead atoms. The molecule has 0 aliphatic rings. The van der Waals surface area contributed by atoms with Gasteiger partial charge in [0.25, 0.3) is 10.0 Å². The van der Waals surface area contributed by atoms with Gasteiger partial charge in [0.15, 0.2) is 0 Å². The lowest BCUT2D eigenvalue weighted by atomic mass is 10.4. The molecule has 14 heavy (non-hydrogen) atoms. The average Bonchev–Trinajstić information content (AvgIpc) is 2.67. The Hall–Kier alpha value is -1.55. The smallest absolute Gasteiger partial charge is 0.249 e. The predicted molar refractivity (Wildman–Crippen MR) is 53.5 cm³/mol. The van der Waals surface area contributed by atoms with E-state index in [-0.39, 0.29) is 10.9 Å². The van der Waals surface area contributed by atoms with Gasteiger partial charge in [-0.15, -0.1) is 0 Å². The third-order valence-electron chi connectivity index (χ3n) is 1.84. The van der Waals surface area contributed by atoms with E-state index in [9.17, 15) is 8.42 Å². The van der Waals surface area contributed by atoms with Gasteiger partial charge < -0.3 is 0 Å². The van der Waals surface area contributed by atoms with Crippen LogP contribution in [0.1, 0.15) is 1.37 Å². The summed E-state index contributed by atoms with van der Waals surface area (Å²) in [6.07, 6.45) is 2.63. The van der Waals surface area contributed by atoms with Gasteiger partial charge >= 0.3 is 0 Å². The number of rotatable bonds is 2. The molecule has 0 radical (unpaired) electrons. The van der Waals surface area contributed by atoms with Crippen molar-refractivity contribution in [3.63, 3.8) is 0 Å². The molecular weight excluding hydrogens is 198 g/mol. The SMILES string of the molecule is [2H]c1ccn(S(=O)(=O)c2ccccc2)c1. The molecule has 0 unspecified atom stereocenters. The fourth-order valence-corrected chi connectivity index (χ4v) is 2.30. The van der Waals surface area contributed by atoms with Gasteiger partial charge in [0.2, 0.25) is 0 Å². The van der Waals surface area contributed by atoms with Crippen LogP contribution in [0.5, 0.6) is 0 Å². The van der Waals surface area contributed by atoms with Gasteiger partial charge in [0.05, 0.1) is 6.27 Å². The van der Waals surface area contributed by atoms with Gasteiger partial charge in [-0.3, -0.25) is 0 Å². The maximum absolute atomic E-state index is 11.9. The summed E-state index contributed by atoms with van der Waals surface area (Å²) >= 11 is 0. The molecule has 0 amide bonds. The Morgan fingerprint density at radius 2 is 1.79 bits per heavy atom. The van der Waals surface area contributed by atoms with Crippen LogP contribution >= 0.6 is 0 Å². The molecule has 1 aromatic carbocycles. The molecule has 0 atom stereocenters. The Morgan fingerprint density at radius 3 is 2.36 bits per heavy atom. The first kappa shape index (κ1) is 7.82. The highest BCUT2D eigenvalue weighted by atomic mass is 32.2. The lowest BCUT2D eigenvalue weighted by Crippen LogP contribution is -2.10. The van der Waals surface area contributed by atoms with Crippen LogP contribution in [0.3, 0.4) is 0 Å². The first-order valence-corrected chi connectivity index (χ1v) is 5.50. The Morgan fingerprint density at radius 1 is 1.07 bits per heavy atom. The lowest BCUT2D eigenvalue weighted by molar-refractivity contribution is 0.587. The molecular formula is C10H9NO2S. The summed E-state index contributed by atoms with van der Waals surface area (Å²) in [5.74, 6) is 0. The molecule has 2 rings (SSSR count). The molecule has 4 heteroatoms. The maximum Gasteiger partial charge on any atom is 0.267 e. The quantitative estimate of drug-likeness (QED) is 0.753. The summed E-state index contributed by atoms with van der Waals surface area (Å²) in [5, 5.41) is 0. The number of hydrogen-bond donors (Lipinski definition) is 0. The van der Waals surface area contributed by atoms with E-state index >= 15 is 0 Å². The highest BCUT2D eigenvalue weighted by Gasteiger charge is 2.13. The maximum atomic E-state index is 11.9. The minimum absolute atomic E-state index is 0.175. The molecule has 1 heterocycles. The van der Waals surface area contributed by atoms with Gasteiger partial charge in [-0.2, -0.15) is 0 Å². The Bertz CT molecular complexity index is 560. The van der Waals surface area contributed by atoms with Crippen molar-refractivity contribution >= 4 is 10.0 Å². The van der Waals surface area contributed by atoms with Crippen molar-refractivity contribution in [2.24, 2.45) is 0 Å². The minimum Gasteiger partial charge on any atom is -0.249 e. The summed E-state index contributed by atoms with van der Waals surface area (Å²) < 4.78 is 32.2. The monoisotopic (exact) mass is 208 g/mol. The van der Waals surface area contributed by atoms with Gasteiger partial charge in [-0.05, 0) is 24.2 Å². The largest absolute Gasteiger partial charge is 0.267 e. The third-order valence-corrected chi connectivity index (χ3v) is 3.49. The van der Waals surface area contributed by atoms with E-state index in [4.69, 9.17) is 1.37 Å². The standard InChI is InChI=1S/C10H9NO2S/c12-14(13,11-8-4-5-9-11)10-6-2-1-3-7-10/h1-9H/i4D. The number of aromatic nitrogens is 1. The predicted octanol–water partition coefficient (Wildman–Crippen LogP) is 1.73. The van der Waals surface area contributed by atoms with Crippen molar-refractivity contribution in [3.8, 4) is 0 Å². The molecule has 0 spiro atoms. The Labute approximate surface area is 84.1 Å². The van der Waals surface area contributed by atoms with E-state index in [2.05, 4.69) is 0 Å². The van der Waals surface area contributed by atoms with Crippen LogP contribution in [-0.4, -0.2) is 12.4 Å². The number of benzene rings is 1. The van der Waals surface area contributed by atoms with E-state index in [1.165, 1.54) is 30.6 Å². The van der Waals surface area contributed by atoms with E-state index in [1.54, 1.807) is 18.2 Å². The van der Waals surface area contributed by atoms with Gasteiger partial charge in [-0.25, -0.2) is 12.4 Å². The van der Waals surface area contributed by atoms with Crippen molar-refractivity contribution in [1.82, 2.24) is 3.97 Å². The van der Waals surface area contributed by atoms with Crippen LogP contribution in [0, 0.1) is 0 Å². The molecule has 0 saturated carbocycles. The van der Waals surface area contributed by atoms with Crippen molar-refractivity contribution < 1.29 is 9.79 Å². The summed E-state index contributed by atoms with van der Waals surface area (Å²) in [4.78, 5) is 0.223. The molecule has 0 N–H and O–H groups in total. The van der Waals surface area contributed by atoms with Crippen LogP contribution in [0.15, 0.2) is 59.7 Å². The molecule has 3 nitrogen and oxygen atoms in total. The second kappa shape index (κ2) is 3.31. The van der Waals surface area contributed by atoms with Crippen LogP contribution in [0.25, 0.3) is 0 Å². The van der Waals surface area contributed by atoms with Crippen LogP contribution in [0.4, 0.5) is 0 Å². The first-order valence-electron chi connectivity index (χ1n) is 4.56. The van der Waals surface area contributed by atoms with Crippen molar-refractivity contribution in [2.45, 2.75) is 4.90 Å². The second-order valence-electron chi connectivity index (χ2n) is 2.76. The Balaban J connectivity index is 2.54. The van der Waals surface area contributed by atoms with Gasteiger partial charge in [-0.1, -0.05) is 18.2 Å². The molecule has 0 aliphatic heterocycles. The topological polar surface area (TPSA) is 39.1 Å². The normalized spacial score (nSPS) is 12.4. The van der Waals surface area contributed by atoms with E-state index in [0.717, 1.165) is 3.97 Å². The summed E-state index contributed by atoms with van der Waals surface area (Å²) in [5.41, 5.74) is 0. The fraction of sp³-hybridized carbons (Fsp3) is 0. The summed E-state index contributed by atoms with van der Waals surface area (Å²) in [7, 11) is -3.52. The molecule has 0 saturated heterocycles. The molecule has 0 fully saturated rings. The first-order chi connectivity index (χ1) is 7.10. The summed E-state index contributed by atoms with van der Waals surface area (Å²) in [6.45, 7) is 0. The Kier molecular flexibility index (Phi) is 1.85. The lowest BCUT2D eigenvalue weighted by Gasteiger charge is -2.04. The van der Waals surface area contributed by atoms with Crippen LogP contribution in [0.2, 0.25) is 0 Å². The third kappa shape index (κ3) is 1.44. The van der Waals surface area contributed by atoms with E-state index in [1.807, 2.05) is 0 Å². The van der Waals surface area contributed by atoms with Crippen molar-refractivity contribution in [2.75, 3.05) is 0 Å². The molecule has 1 aromatic heterocycles. The molecule has 0 aliphatic carbocycles. The zero-order valence-electron chi connectivity index (χ0n) is 8.29. The van der Waals surface area contributed by atoms with Crippen LogP contribution < -0.4 is 0 Å². The minimum atomic E-state index is -3.52. The molecule has 72 valence electrons. The zero-order valence-corrected chi connectivity index (χ0v) is 8.11. The highest BCUT2D eigenvalue weighted by Crippen LogP contribution is 2.12. The van der Waals surface area contributed by atoms with E-state index < -0.39 is 10.0 Å². The fourth-order valence-electron chi connectivity index (χ4n) is 1.14. The molecule has 2 aromatic rings. The zero-order chi connectivity index (χ0) is 10.9. The van der Waals surface area contributed by atoms with E-state index in [0.29, 0.717) is 0 Å². The number of nitrogens with zero attached hydrogens (tertiary/aromatic N) is 1. The number of hydrogen-bond acceptors (Lipinski definition) is 2. The highest BCUT2D eigenvalue weighted by molar-refractivity contribution is 7.90. The van der Waals surface area contributed by atoms with Crippen molar-refractivity contribution in [3.05, 3.63) is 54.8 Å². The van der Waals surface area contributed by atoms with Crippen LogP contribution in [-0.2, 0) is 10.0 Å². The van der Waals surface area contributed by atoms with Gasteiger partial charge in [0, 0.05) is 12.4 Å². The average molecular weight is 208 g/mol.